The molecule has 4 N–H and O–H groups in total. The van der Waals surface area contributed by atoms with Crippen molar-refractivity contribution in [3.63, 3.8) is 0 Å². The van der Waals surface area contributed by atoms with Crippen molar-refractivity contribution in [2.75, 3.05) is 17.7 Å². The molecule has 0 bridgehead atoms. The molecular weight excluding hydrogens is 244 g/mol. The van der Waals surface area contributed by atoms with Gasteiger partial charge in [-0.1, -0.05) is 12.1 Å². The molecule has 0 aliphatic rings. The maximum atomic E-state index is 10.4. The van der Waals surface area contributed by atoms with Crippen LogP contribution in [0.3, 0.4) is 0 Å². The molecule has 0 fully saturated rings. The fourth-order valence-electron chi connectivity index (χ4n) is 1.25. The molecule has 0 saturated heterocycles. The van der Waals surface area contributed by atoms with Crippen LogP contribution in [-0.2, 0) is 17.5 Å². The minimum atomic E-state index is -1.87. The van der Waals surface area contributed by atoms with E-state index in [1.165, 1.54) is 0 Å². The molecule has 1 rings (SSSR count). The van der Waals surface area contributed by atoms with Crippen molar-refractivity contribution >= 4 is 22.9 Å². The van der Waals surface area contributed by atoms with Crippen molar-refractivity contribution < 1.29 is 18.7 Å². The summed E-state index contributed by atoms with van der Waals surface area (Å²) in [7, 11) is 0. The van der Waals surface area contributed by atoms with E-state index in [0.29, 0.717) is 13.0 Å². The van der Waals surface area contributed by atoms with Gasteiger partial charge in [-0.05, 0) is 24.1 Å². The Morgan fingerprint density at radius 3 is 2.47 bits per heavy atom. The van der Waals surface area contributed by atoms with E-state index in [9.17, 15) is 9.00 Å². The summed E-state index contributed by atoms with van der Waals surface area (Å²) in [4.78, 5) is 10.2. The Balaban J connectivity index is 2.39. The van der Waals surface area contributed by atoms with Gasteiger partial charge in [0.2, 0.25) is 0 Å². The molecule has 7 heteroatoms. The van der Waals surface area contributed by atoms with Gasteiger partial charge in [0.1, 0.15) is 5.88 Å². The van der Waals surface area contributed by atoms with Gasteiger partial charge in [0.15, 0.2) is 11.1 Å². The van der Waals surface area contributed by atoms with Crippen LogP contribution >= 0.6 is 0 Å². The normalized spacial score (nSPS) is 11.8. The molecule has 94 valence electrons. The van der Waals surface area contributed by atoms with E-state index in [4.69, 9.17) is 9.66 Å². The maximum Gasteiger partial charge on any atom is 0.404 e. The van der Waals surface area contributed by atoms with Gasteiger partial charge in [-0.15, -0.1) is 0 Å². The van der Waals surface area contributed by atoms with Gasteiger partial charge in [0.05, 0.1) is 0 Å². The number of carbonyl (C=O) groups is 1. The minimum absolute atomic E-state index is 0.0140. The first-order valence-corrected chi connectivity index (χ1v) is 6.22. The first kappa shape index (κ1) is 13.5. The van der Waals surface area contributed by atoms with Crippen LogP contribution in [0.15, 0.2) is 24.3 Å². The van der Waals surface area contributed by atoms with Crippen LogP contribution in [0.2, 0.25) is 0 Å². The van der Waals surface area contributed by atoms with Crippen molar-refractivity contribution in [2.45, 2.75) is 6.42 Å². The molecule has 0 aromatic heterocycles. The first-order valence-electron chi connectivity index (χ1n) is 4.95. The molecule has 0 heterocycles. The predicted octanol–water partition coefficient (Wildman–Crippen LogP) is 1.09. The van der Waals surface area contributed by atoms with Gasteiger partial charge >= 0.3 is 6.09 Å². The lowest BCUT2D eigenvalue weighted by Gasteiger charge is -2.05. The third kappa shape index (κ3) is 5.88. The summed E-state index contributed by atoms with van der Waals surface area (Å²) in [5, 5.41) is 13.4. The molecule has 1 aromatic carbocycles. The lowest BCUT2D eigenvalue weighted by molar-refractivity contribution is 0.194. The number of hydrogen-bond donors (Lipinski definition) is 4. The van der Waals surface area contributed by atoms with Crippen molar-refractivity contribution in [3.8, 4) is 0 Å². The molecule has 0 radical (unpaired) electrons. The molecule has 0 spiro atoms. The minimum Gasteiger partial charge on any atom is -0.465 e. The smallest absolute Gasteiger partial charge is 0.404 e. The van der Waals surface area contributed by atoms with Crippen molar-refractivity contribution in [2.24, 2.45) is 0 Å². The molecule has 0 saturated carbocycles. The SMILES string of the molecule is O=C(O)NCCc1ccc(NCS(=O)O)cc1. The zero-order valence-corrected chi connectivity index (χ0v) is 9.87. The van der Waals surface area contributed by atoms with E-state index >= 15 is 0 Å². The molecule has 1 aromatic rings. The number of carboxylic acid groups (broad SMARTS) is 1. The standard InChI is InChI=1S/C10H14N2O4S/c13-10(14)11-6-5-8-1-3-9(4-2-8)12-7-17(15)16/h1-4,11-12H,5-7H2,(H,13,14)(H,15,16). The molecular formula is C10H14N2O4S. The van der Waals surface area contributed by atoms with E-state index in [1.807, 2.05) is 12.1 Å². The maximum absolute atomic E-state index is 10.4. The number of hydrogen-bond acceptors (Lipinski definition) is 3. The summed E-state index contributed by atoms with van der Waals surface area (Å²) < 4.78 is 19.0. The Kier molecular flexibility index (Phi) is 5.44. The fraction of sp³-hybridized carbons (Fsp3) is 0.300. The second-order valence-electron chi connectivity index (χ2n) is 3.32. The monoisotopic (exact) mass is 258 g/mol. The average molecular weight is 258 g/mol. The molecule has 1 unspecified atom stereocenters. The Morgan fingerprint density at radius 2 is 1.94 bits per heavy atom. The summed E-state index contributed by atoms with van der Waals surface area (Å²) in [6.45, 7) is 0.364. The van der Waals surface area contributed by atoms with E-state index < -0.39 is 17.2 Å². The van der Waals surface area contributed by atoms with Crippen molar-refractivity contribution in [3.05, 3.63) is 29.8 Å². The van der Waals surface area contributed by atoms with Crippen molar-refractivity contribution in [1.82, 2.24) is 5.32 Å². The quantitative estimate of drug-likeness (QED) is 0.572. The topological polar surface area (TPSA) is 98.7 Å². The lowest BCUT2D eigenvalue weighted by atomic mass is 10.1. The zero-order valence-electron chi connectivity index (χ0n) is 9.05. The summed E-state index contributed by atoms with van der Waals surface area (Å²) in [6, 6.07) is 7.24. The molecule has 0 aliphatic carbocycles. The van der Waals surface area contributed by atoms with E-state index in [0.717, 1.165) is 11.3 Å². The third-order valence-electron chi connectivity index (χ3n) is 2.04. The second kappa shape index (κ2) is 6.87. The van der Waals surface area contributed by atoms with Gasteiger partial charge < -0.3 is 20.3 Å². The third-order valence-corrected chi connectivity index (χ3v) is 2.43. The van der Waals surface area contributed by atoms with Crippen LogP contribution in [-0.4, -0.2) is 32.4 Å². The zero-order chi connectivity index (χ0) is 12.7. The second-order valence-corrected chi connectivity index (χ2v) is 4.25. The highest BCUT2D eigenvalue weighted by atomic mass is 32.2. The first-order chi connectivity index (χ1) is 8.08. The Labute approximate surface area is 101 Å². The fourth-order valence-corrected chi connectivity index (χ4v) is 1.54. The van der Waals surface area contributed by atoms with Crippen LogP contribution in [0.25, 0.3) is 0 Å². The number of nitrogens with one attached hydrogen (secondary N) is 2. The highest BCUT2D eigenvalue weighted by Crippen LogP contribution is 2.09. The Morgan fingerprint density at radius 1 is 1.29 bits per heavy atom. The van der Waals surface area contributed by atoms with E-state index in [2.05, 4.69) is 10.6 Å². The summed E-state index contributed by atoms with van der Waals surface area (Å²) in [5.74, 6) is -0.0140. The van der Waals surface area contributed by atoms with Crippen LogP contribution in [0.1, 0.15) is 5.56 Å². The lowest BCUT2D eigenvalue weighted by Crippen LogP contribution is -2.23. The van der Waals surface area contributed by atoms with Gasteiger partial charge in [-0.25, -0.2) is 9.00 Å². The highest BCUT2D eigenvalue weighted by Gasteiger charge is 1.98. The van der Waals surface area contributed by atoms with E-state index in [-0.39, 0.29) is 5.88 Å². The molecule has 17 heavy (non-hydrogen) atoms. The number of amides is 1. The Bertz CT molecular complexity index is 394. The molecule has 0 aliphatic heterocycles. The Hall–Kier alpha value is -1.60. The van der Waals surface area contributed by atoms with Crippen LogP contribution in [0.4, 0.5) is 10.5 Å². The summed E-state index contributed by atoms with van der Waals surface area (Å²) in [5.41, 5.74) is 1.75. The number of rotatable bonds is 6. The molecule has 1 atom stereocenters. The van der Waals surface area contributed by atoms with Gasteiger partial charge in [0.25, 0.3) is 0 Å². The molecule has 1 amide bonds. The van der Waals surface area contributed by atoms with Gasteiger partial charge in [-0.2, -0.15) is 0 Å². The molecule has 6 nitrogen and oxygen atoms in total. The summed E-state index contributed by atoms with van der Waals surface area (Å²) in [6.07, 6.45) is -0.424. The van der Waals surface area contributed by atoms with E-state index in [1.54, 1.807) is 12.1 Å². The number of anilines is 1. The van der Waals surface area contributed by atoms with Gasteiger partial charge in [0, 0.05) is 12.2 Å². The van der Waals surface area contributed by atoms with Gasteiger partial charge in [-0.3, -0.25) is 0 Å². The van der Waals surface area contributed by atoms with Crippen LogP contribution in [0.5, 0.6) is 0 Å². The van der Waals surface area contributed by atoms with Crippen LogP contribution < -0.4 is 10.6 Å². The average Bonchev–Trinajstić information content (AvgIpc) is 2.27. The number of benzene rings is 1. The van der Waals surface area contributed by atoms with Crippen LogP contribution in [0, 0.1) is 0 Å². The largest absolute Gasteiger partial charge is 0.465 e. The summed E-state index contributed by atoms with van der Waals surface area (Å²) >= 11 is -1.87. The highest BCUT2D eigenvalue weighted by molar-refractivity contribution is 7.79. The van der Waals surface area contributed by atoms with Crippen molar-refractivity contribution in [1.29, 1.82) is 0 Å². The predicted molar refractivity (Wildman–Crippen MR) is 65.4 cm³/mol.